The van der Waals surface area contributed by atoms with E-state index in [0.717, 1.165) is 22.6 Å². The van der Waals surface area contributed by atoms with Crippen LogP contribution < -0.4 is 9.47 Å². The lowest BCUT2D eigenvalue weighted by molar-refractivity contribution is 0.1000. The van der Waals surface area contributed by atoms with Crippen molar-refractivity contribution in [2.24, 2.45) is 4.99 Å². The molecule has 0 bridgehead atoms. The van der Waals surface area contributed by atoms with Gasteiger partial charge in [-0.25, -0.2) is 4.99 Å². The minimum atomic E-state index is -0.179. The Balaban J connectivity index is 1.73. The largest absolute Gasteiger partial charge is 0.486 e. The SMILES string of the molecule is O=C1N=C(c2ccc3c(c2)OCCO3)Cc2ccccc21. The van der Waals surface area contributed by atoms with E-state index in [1.807, 2.05) is 42.5 Å². The summed E-state index contributed by atoms with van der Waals surface area (Å²) in [5, 5.41) is 0. The number of hydrogen-bond acceptors (Lipinski definition) is 3. The molecule has 21 heavy (non-hydrogen) atoms. The minimum absolute atomic E-state index is 0.179. The van der Waals surface area contributed by atoms with E-state index in [9.17, 15) is 4.79 Å². The summed E-state index contributed by atoms with van der Waals surface area (Å²) in [5.74, 6) is 1.28. The number of aliphatic imine (C=N–C) groups is 1. The Morgan fingerprint density at radius 1 is 0.952 bits per heavy atom. The van der Waals surface area contributed by atoms with Gasteiger partial charge in [0.2, 0.25) is 0 Å². The number of hydrogen-bond donors (Lipinski definition) is 0. The van der Waals surface area contributed by atoms with Crippen LogP contribution in [0, 0.1) is 0 Å². The van der Waals surface area contributed by atoms with Gasteiger partial charge in [-0.15, -0.1) is 0 Å². The molecule has 4 nitrogen and oxygen atoms in total. The third-order valence-electron chi connectivity index (χ3n) is 3.72. The van der Waals surface area contributed by atoms with Crippen LogP contribution in [0.3, 0.4) is 0 Å². The summed E-state index contributed by atoms with van der Waals surface area (Å²) < 4.78 is 11.1. The molecule has 2 heterocycles. The highest BCUT2D eigenvalue weighted by atomic mass is 16.6. The van der Waals surface area contributed by atoms with Crippen LogP contribution in [-0.2, 0) is 6.42 Å². The van der Waals surface area contributed by atoms with Crippen LogP contribution in [0.2, 0.25) is 0 Å². The third kappa shape index (κ3) is 2.09. The Bertz CT molecular complexity index is 764. The van der Waals surface area contributed by atoms with Gasteiger partial charge in [-0.1, -0.05) is 18.2 Å². The zero-order valence-electron chi connectivity index (χ0n) is 11.3. The highest BCUT2D eigenvalue weighted by Crippen LogP contribution is 2.32. The molecule has 0 fully saturated rings. The smallest absolute Gasteiger partial charge is 0.277 e. The summed E-state index contributed by atoms with van der Waals surface area (Å²) >= 11 is 0. The second kappa shape index (κ2) is 4.74. The van der Waals surface area contributed by atoms with Gasteiger partial charge in [0.25, 0.3) is 5.91 Å². The fraction of sp³-hybridized carbons (Fsp3) is 0.176. The van der Waals surface area contributed by atoms with Gasteiger partial charge in [0.15, 0.2) is 11.5 Å². The van der Waals surface area contributed by atoms with E-state index in [-0.39, 0.29) is 5.91 Å². The molecule has 0 unspecified atom stereocenters. The van der Waals surface area contributed by atoms with Crippen LogP contribution in [0.15, 0.2) is 47.5 Å². The zero-order chi connectivity index (χ0) is 14.2. The number of fused-ring (bicyclic) bond motifs is 2. The van der Waals surface area contributed by atoms with Crippen LogP contribution in [0.4, 0.5) is 0 Å². The lowest BCUT2D eigenvalue weighted by Gasteiger charge is -2.20. The first-order chi connectivity index (χ1) is 10.3. The molecule has 1 amide bonds. The molecule has 4 rings (SSSR count). The number of carbonyl (C=O) groups excluding carboxylic acids is 1. The fourth-order valence-corrected chi connectivity index (χ4v) is 2.68. The van der Waals surface area contributed by atoms with Gasteiger partial charge in [-0.3, -0.25) is 4.79 Å². The van der Waals surface area contributed by atoms with Crippen LogP contribution in [0.25, 0.3) is 0 Å². The molecule has 0 radical (unpaired) electrons. The second-order valence-electron chi connectivity index (χ2n) is 5.06. The van der Waals surface area contributed by atoms with E-state index in [1.54, 1.807) is 0 Å². The Morgan fingerprint density at radius 3 is 2.67 bits per heavy atom. The van der Waals surface area contributed by atoms with E-state index in [0.29, 0.717) is 30.9 Å². The lowest BCUT2D eigenvalue weighted by Crippen LogP contribution is -2.19. The average molecular weight is 279 g/mol. The predicted molar refractivity (Wildman–Crippen MR) is 78.4 cm³/mol. The number of carbonyl (C=O) groups is 1. The predicted octanol–water partition coefficient (Wildman–Crippen LogP) is 2.64. The van der Waals surface area contributed by atoms with Crippen LogP contribution in [0.5, 0.6) is 11.5 Å². The van der Waals surface area contributed by atoms with Crippen LogP contribution in [-0.4, -0.2) is 24.8 Å². The van der Waals surface area contributed by atoms with Gasteiger partial charge in [0.05, 0.1) is 5.71 Å². The molecular weight excluding hydrogens is 266 g/mol. The first-order valence-corrected chi connectivity index (χ1v) is 6.91. The second-order valence-corrected chi connectivity index (χ2v) is 5.06. The Hall–Kier alpha value is -2.62. The van der Waals surface area contributed by atoms with Crippen molar-refractivity contribution in [1.29, 1.82) is 0 Å². The van der Waals surface area contributed by atoms with Crippen molar-refractivity contribution in [3.63, 3.8) is 0 Å². The summed E-state index contributed by atoms with van der Waals surface area (Å²) in [4.78, 5) is 16.3. The monoisotopic (exact) mass is 279 g/mol. The van der Waals surface area contributed by atoms with Crippen molar-refractivity contribution in [2.75, 3.05) is 13.2 Å². The third-order valence-corrected chi connectivity index (χ3v) is 3.72. The normalized spacial score (nSPS) is 16.2. The number of benzene rings is 2. The van der Waals surface area contributed by atoms with Crippen molar-refractivity contribution in [2.45, 2.75) is 6.42 Å². The van der Waals surface area contributed by atoms with Crippen LogP contribution in [0.1, 0.15) is 21.5 Å². The fourth-order valence-electron chi connectivity index (χ4n) is 2.68. The Morgan fingerprint density at radius 2 is 1.76 bits per heavy atom. The molecular formula is C17H13NO3. The van der Waals surface area contributed by atoms with Crippen molar-refractivity contribution in [3.8, 4) is 11.5 Å². The zero-order valence-corrected chi connectivity index (χ0v) is 11.3. The maximum atomic E-state index is 12.1. The van der Waals surface area contributed by atoms with E-state index in [1.165, 1.54) is 0 Å². The molecule has 104 valence electrons. The number of amides is 1. The molecule has 2 aliphatic rings. The standard InChI is InChI=1S/C17H13NO3/c19-17-13-4-2-1-3-11(13)9-14(18-17)12-5-6-15-16(10-12)21-8-7-20-15/h1-6,10H,7-9H2. The van der Waals surface area contributed by atoms with Gasteiger partial charge >= 0.3 is 0 Å². The van der Waals surface area contributed by atoms with Crippen molar-refractivity contribution < 1.29 is 14.3 Å². The molecule has 0 N–H and O–H groups in total. The Labute approximate surface area is 122 Å². The summed E-state index contributed by atoms with van der Waals surface area (Å²) in [7, 11) is 0. The molecule has 0 atom stereocenters. The molecule has 4 heteroatoms. The van der Waals surface area contributed by atoms with Gasteiger partial charge < -0.3 is 9.47 Å². The van der Waals surface area contributed by atoms with Gasteiger partial charge in [-0.05, 0) is 29.8 Å². The molecule has 0 spiro atoms. The highest BCUT2D eigenvalue weighted by Gasteiger charge is 2.21. The van der Waals surface area contributed by atoms with Gasteiger partial charge in [-0.2, -0.15) is 0 Å². The summed E-state index contributed by atoms with van der Waals surface area (Å²) in [6, 6.07) is 13.3. The van der Waals surface area contributed by atoms with E-state index in [4.69, 9.17) is 9.47 Å². The first-order valence-electron chi connectivity index (χ1n) is 6.91. The van der Waals surface area contributed by atoms with E-state index >= 15 is 0 Å². The number of ether oxygens (including phenoxy) is 2. The summed E-state index contributed by atoms with van der Waals surface area (Å²) in [6.07, 6.45) is 0.654. The minimum Gasteiger partial charge on any atom is -0.486 e. The number of nitrogens with zero attached hydrogens (tertiary/aromatic N) is 1. The van der Waals surface area contributed by atoms with Crippen LogP contribution >= 0.6 is 0 Å². The molecule has 0 aromatic heterocycles. The molecule has 0 saturated carbocycles. The molecule has 2 aromatic carbocycles. The number of rotatable bonds is 1. The maximum Gasteiger partial charge on any atom is 0.277 e. The topological polar surface area (TPSA) is 47.9 Å². The summed E-state index contributed by atoms with van der Waals surface area (Å²) in [5.41, 5.74) is 3.39. The molecule has 0 aliphatic carbocycles. The molecule has 2 aromatic rings. The maximum absolute atomic E-state index is 12.1. The van der Waals surface area contributed by atoms with Crippen molar-refractivity contribution in [3.05, 3.63) is 59.2 Å². The lowest BCUT2D eigenvalue weighted by atomic mass is 9.94. The van der Waals surface area contributed by atoms with E-state index < -0.39 is 0 Å². The molecule has 0 saturated heterocycles. The Kier molecular flexibility index (Phi) is 2.74. The van der Waals surface area contributed by atoms with E-state index in [2.05, 4.69) is 4.99 Å². The quantitative estimate of drug-likeness (QED) is 0.806. The highest BCUT2D eigenvalue weighted by molar-refractivity contribution is 6.15. The first kappa shape index (κ1) is 12.1. The van der Waals surface area contributed by atoms with Gasteiger partial charge in [0, 0.05) is 17.5 Å². The van der Waals surface area contributed by atoms with Gasteiger partial charge in [0.1, 0.15) is 13.2 Å². The summed E-state index contributed by atoms with van der Waals surface area (Å²) in [6.45, 7) is 1.11. The van der Waals surface area contributed by atoms with Crippen molar-refractivity contribution >= 4 is 11.6 Å². The molecule has 2 aliphatic heterocycles. The average Bonchev–Trinajstić information content (AvgIpc) is 2.54. The van der Waals surface area contributed by atoms with Crippen molar-refractivity contribution in [1.82, 2.24) is 0 Å².